The number of aliphatic hydroxyl groups is 1. The molecule has 0 radical (unpaired) electrons. The van der Waals surface area contributed by atoms with Crippen LogP contribution in [0.3, 0.4) is 0 Å². The third-order valence-electron chi connectivity index (χ3n) is 5.49. The number of aliphatic hydroxyl groups excluding tert-OH is 1. The first-order valence-electron chi connectivity index (χ1n) is 10.3. The molecule has 9 heteroatoms. The number of hydrogen-bond donors (Lipinski definition) is 2. The fourth-order valence-electron chi connectivity index (χ4n) is 3.80. The van der Waals surface area contributed by atoms with Gasteiger partial charge in [-0.3, -0.25) is 4.90 Å². The molecule has 1 aromatic heterocycles. The molecule has 2 N–H and O–H groups in total. The lowest BCUT2D eigenvalue weighted by Gasteiger charge is -2.38. The van der Waals surface area contributed by atoms with Crippen molar-refractivity contribution in [1.29, 1.82) is 0 Å². The Labute approximate surface area is 179 Å². The number of hydrogen-bond acceptors (Lipinski definition) is 6. The summed E-state index contributed by atoms with van der Waals surface area (Å²) in [7, 11) is 0. The van der Waals surface area contributed by atoms with Crippen molar-refractivity contribution in [2.45, 2.75) is 19.9 Å². The number of anilines is 3. The lowest BCUT2D eigenvalue weighted by Crippen LogP contribution is -2.50. The van der Waals surface area contributed by atoms with E-state index in [9.17, 15) is 13.9 Å². The maximum absolute atomic E-state index is 13.5. The van der Waals surface area contributed by atoms with Gasteiger partial charge in [0.2, 0.25) is 5.95 Å². The zero-order valence-corrected chi connectivity index (χ0v) is 17.6. The number of nitrogens with zero attached hydrogens (tertiary/aromatic N) is 5. The minimum absolute atomic E-state index is 0.167. The van der Waals surface area contributed by atoms with E-state index in [4.69, 9.17) is 0 Å². The van der Waals surface area contributed by atoms with Crippen LogP contribution in [0, 0.1) is 18.6 Å². The van der Waals surface area contributed by atoms with E-state index in [0.717, 1.165) is 49.2 Å². The van der Waals surface area contributed by atoms with Crippen molar-refractivity contribution in [2.24, 2.45) is 0 Å². The average Bonchev–Trinajstić information content (AvgIpc) is 3.20. The normalized spacial score (nSPS) is 15.8. The van der Waals surface area contributed by atoms with Gasteiger partial charge >= 0.3 is 0 Å². The maximum Gasteiger partial charge on any atom is 0.246 e. The standard InChI is InChI=1S/C22H26F2N6O/c1-15-7-19(12-20(8-15)29-5-3-28(4-6-29)16(2)13-31)26-22-25-14-30(27-22)21-10-17(23)9-18(24)11-21/h7-12,14,16,31H,3-6,13H2,1-2H3,(H,26,27). The molecule has 31 heavy (non-hydrogen) atoms. The van der Waals surface area contributed by atoms with Crippen molar-refractivity contribution in [2.75, 3.05) is 43.0 Å². The van der Waals surface area contributed by atoms with Crippen LogP contribution in [0.5, 0.6) is 0 Å². The second-order valence-electron chi connectivity index (χ2n) is 7.88. The van der Waals surface area contributed by atoms with E-state index in [1.807, 2.05) is 26.0 Å². The summed E-state index contributed by atoms with van der Waals surface area (Å²) >= 11 is 0. The quantitative estimate of drug-likeness (QED) is 0.629. The summed E-state index contributed by atoms with van der Waals surface area (Å²) in [5.74, 6) is -1.00. The van der Waals surface area contributed by atoms with Crippen molar-refractivity contribution >= 4 is 17.3 Å². The summed E-state index contributed by atoms with van der Waals surface area (Å²) in [6.45, 7) is 7.79. The number of aryl methyl sites for hydroxylation is 1. The molecule has 1 unspecified atom stereocenters. The van der Waals surface area contributed by atoms with Gasteiger partial charge in [-0.1, -0.05) is 0 Å². The largest absolute Gasteiger partial charge is 0.395 e. The van der Waals surface area contributed by atoms with Crippen LogP contribution >= 0.6 is 0 Å². The van der Waals surface area contributed by atoms with Crippen LogP contribution in [0.15, 0.2) is 42.7 Å². The Morgan fingerprint density at radius 1 is 1.00 bits per heavy atom. The summed E-state index contributed by atoms with van der Waals surface area (Å²) < 4.78 is 28.3. The molecule has 0 spiro atoms. The van der Waals surface area contributed by atoms with Gasteiger partial charge < -0.3 is 15.3 Å². The summed E-state index contributed by atoms with van der Waals surface area (Å²) in [6.07, 6.45) is 1.41. The zero-order chi connectivity index (χ0) is 22.0. The molecular formula is C22H26F2N6O. The molecule has 1 aliphatic heterocycles. The third kappa shape index (κ3) is 5.00. The lowest BCUT2D eigenvalue weighted by atomic mass is 10.1. The molecule has 1 atom stereocenters. The molecule has 0 amide bonds. The Morgan fingerprint density at radius 3 is 2.39 bits per heavy atom. The Kier molecular flexibility index (Phi) is 6.15. The second-order valence-corrected chi connectivity index (χ2v) is 7.88. The van der Waals surface area contributed by atoms with Crippen molar-refractivity contribution in [3.63, 3.8) is 0 Å². The highest BCUT2D eigenvalue weighted by molar-refractivity contribution is 5.64. The fourth-order valence-corrected chi connectivity index (χ4v) is 3.80. The molecule has 164 valence electrons. The van der Waals surface area contributed by atoms with Crippen molar-refractivity contribution < 1.29 is 13.9 Å². The summed E-state index contributed by atoms with van der Waals surface area (Å²) in [6, 6.07) is 9.56. The van der Waals surface area contributed by atoms with E-state index in [1.165, 1.54) is 23.1 Å². The van der Waals surface area contributed by atoms with Crippen LogP contribution < -0.4 is 10.2 Å². The Balaban J connectivity index is 1.48. The van der Waals surface area contributed by atoms with Crippen LogP contribution in [-0.2, 0) is 0 Å². The average molecular weight is 428 g/mol. The van der Waals surface area contributed by atoms with E-state index >= 15 is 0 Å². The van der Waals surface area contributed by atoms with Crippen molar-refractivity contribution in [1.82, 2.24) is 19.7 Å². The van der Waals surface area contributed by atoms with E-state index in [1.54, 1.807) is 0 Å². The summed E-state index contributed by atoms with van der Waals surface area (Å²) in [5, 5.41) is 16.8. The van der Waals surface area contributed by atoms with Crippen LogP contribution in [0.4, 0.5) is 26.1 Å². The number of nitrogens with one attached hydrogen (secondary N) is 1. The van der Waals surface area contributed by atoms with Gasteiger partial charge in [0.15, 0.2) is 0 Å². The van der Waals surface area contributed by atoms with E-state index in [2.05, 4.69) is 31.3 Å². The molecule has 7 nitrogen and oxygen atoms in total. The molecule has 0 bridgehead atoms. The predicted octanol–water partition coefficient (Wildman–Crippen LogP) is 3.10. The summed E-state index contributed by atoms with van der Waals surface area (Å²) in [5.41, 5.74) is 3.30. The minimum Gasteiger partial charge on any atom is -0.395 e. The second kappa shape index (κ2) is 8.99. The molecular weight excluding hydrogens is 402 g/mol. The molecule has 0 aliphatic carbocycles. The van der Waals surface area contributed by atoms with Gasteiger partial charge in [0.1, 0.15) is 18.0 Å². The van der Waals surface area contributed by atoms with Crippen LogP contribution in [0.2, 0.25) is 0 Å². The minimum atomic E-state index is -0.670. The molecule has 1 fully saturated rings. The van der Waals surface area contributed by atoms with Crippen molar-refractivity contribution in [3.8, 4) is 5.69 Å². The Morgan fingerprint density at radius 2 is 1.71 bits per heavy atom. The first kappa shape index (κ1) is 21.2. The predicted molar refractivity (Wildman–Crippen MR) is 116 cm³/mol. The topological polar surface area (TPSA) is 69.5 Å². The first-order chi connectivity index (χ1) is 14.9. The molecule has 2 heterocycles. The highest BCUT2D eigenvalue weighted by Gasteiger charge is 2.21. The highest BCUT2D eigenvalue weighted by atomic mass is 19.1. The van der Waals surface area contributed by atoms with Gasteiger partial charge in [-0.2, -0.15) is 4.98 Å². The van der Waals surface area contributed by atoms with E-state index < -0.39 is 11.6 Å². The van der Waals surface area contributed by atoms with Gasteiger partial charge in [0, 0.05) is 49.7 Å². The highest BCUT2D eigenvalue weighted by Crippen LogP contribution is 2.25. The number of benzene rings is 2. The van der Waals surface area contributed by atoms with Gasteiger partial charge in [0.25, 0.3) is 0 Å². The molecule has 2 aromatic carbocycles. The molecule has 1 saturated heterocycles. The van der Waals surface area contributed by atoms with Gasteiger partial charge in [-0.05, 0) is 49.7 Å². The zero-order valence-electron chi connectivity index (χ0n) is 17.6. The van der Waals surface area contributed by atoms with Crippen LogP contribution in [0.1, 0.15) is 12.5 Å². The SMILES string of the molecule is Cc1cc(Nc2ncn(-c3cc(F)cc(F)c3)n2)cc(N2CCN(C(C)CO)CC2)c1. The van der Waals surface area contributed by atoms with E-state index in [-0.39, 0.29) is 18.3 Å². The molecule has 4 rings (SSSR count). The first-order valence-corrected chi connectivity index (χ1v) is 10.3. The molecule has 1 aliphatic rings. The number of rotatable bonds is 6. The monoisotopic (exact) mass is 428 g/mol. The third-order valence-corrected chi connectivity index (χ3v) is 5.49. The van der Waals surface area contributed by atoms with Gasteiger partial charge in [0.05, 0.1) is 12.3 Å². The molecule has 3 aromatic rings. The Bertz CT molecular complexity index is 1030. The Hall–Kier alpha value is -3.04. The fraction of sp³-hybridized carbons (Fsp3) is 0.364. The maximum atomic E-state index is 13.5. The number of halogens is 2. The smallest absolute Gasteiger partial charge is 0.246 e. The van der Waals surface area contributed by atoms with Gasteiger partial charge in [-0.15, -0.1) is 5.10 Å². The lowest BCUT2D eigenvalue weighted by molar-refractivity contribution is 0.128. The van der Waals surface area contributed by atoms with Crippen molar-refractivity contribution in [3.05, 3.63) is 59.9 Å². The molecule has 0 saturated carbocycles. The van der Waals surface area contributed by atoms with Crippen LogP contribution in [-0.4, -0.2) is 63.6 Å². The summed E-state index contributed by atoms with van der Waals surface area (Å²) in [4.78, 5) is 8.82. The number of aromatic nitrogens is 3. The van der Waals surface area contributed by atoms with Gasteiger partial charge in [-0.25, -0.2) is 13.5 Å². The van der Waals surface area contributed by atoms with Crippen LogP contribution in [0.25, 0.3) is 5.69 Å². The van der Waals surface area contributed by atoms with E-state index in [0.29, 0.717) is 5.95 Å². The number of piperazine rings is 1.